The van der Waals surface area contributed by atoms with Crippen LogP contribution in [0.5, 0.6) is 0 Å². The zero-order chi connectivity index (χ0) is 16.9. The molecule has 2 aliphatic rings. The number of morpholine rings is 1. The van der Waals surface area contributed by atoms with Gasteiger partial charge in [-0.15, -0.1) is 0 Å². The first kappa shape index (κ1) is 17.0. The minimum absolute atomic E-state index is 0.113. The zero-order valence-electron chi connectivity index (χ0n) is 14.6. The van der Waals surface area contributed by atoms with E-state index in [-0.39, 0.29) is 6.03 Å². The molecule has 0 radical (unpaired) electrons. The molecule has 0 aromatic carbocycles. The topological polar surface area (TPSA) is 52.2 Å². The number of fused-ring (bicyclic) bond motifs is 1. The standard InChI is InChI=1S/C17H27N5O2/c1-19(2)6-7-20-8-9-22(14-15-4-3-5-18-16(15)20)17(23)21-10-12-24-13-11-21/h3-5H,6-14H2,1-2H3. The lowest BCUT2D eigenvalue weighted by atomic mass is 10.2. The fourth-order valence-electron chi connectivity index (χ4n) is 3.13. The molecule has 1 aromatic rings. The molecule has 7 nitrogen and oxygen atoms in total. The van der Waals surface area contributed by atoms with E-state index in [4.69, 9.17) is 4.74 Å². The van der Waals surface area contributed by atoms with Crippen molar-refractivity contribution in [2.75, 3.05) is 71.5 Å². The molecule has 1 aromatic heterocycles. The van der Waals surface area contributed by atoms with Gasteiger partial charge in [0.25, 0.3) is 0 Å². The highest BCUT2D eigenvalue weighted by molar-refractivity contribution is 5.75. The van der Waals surface area contributed by atoms with Gasteiger partial charge in [0.05, 0.1) is 19.8 Å². The van der Waals surface area contributed by atoms with E-state index in [1.54, 1.807) is 0 Å². The number of aromatic nitrogens is 1. The van der Waals surface area contributed by atoms with Crippen LogP contribution in [0.3, 0.4) is 0 Å². The quantitative estimate of drug-likeness (QED) is 0.816. The molecule has 132 valence electrons. The second kappa shape index (κ2) is 7.81. The molecule has 0 spiro atoms. The van der Waals surface area contributed by atoms with Crippen LogP contribution in [0.2, 0.25) is 0 Å². The van der Waals surface area contributed by atoms with Gasteiger partial charge in [0.1, 0.15) is 5.82 Å². The first-order valence-electron chi connectivity index (χ1n) is 8.60. The Hall–Kier alpha value is -1.86. The number of hydrogen-bond acceptors (Lipinski definition) is 5. The van der Waals surface area contributed by atoms with Crippen molar-refractivity contribution < 1.29 is 9.53 Å². The highest BCUT2D eigenvalue weighted by Gasteiger charge is 2.27. The molecule has 24 heavy (non-hydrogen) atoms. The molecule has 0 bridgehead atoms. The largest absolute Gasteiger partial charge is 0.378 e. The molecule has 3 rings (SSSR count). The van der Waals surface area contributed by atoms with Crippen molar-refractivity contribution in [1.82, 2.24) is 19.7 Å². The summed E-state index contributed by atoms with van der Waals surface area (Å²) in [6, 6.07) is 4.14. The lowest BCUT2D eigenvalue weighted by Gasteiger charge is -2.32. The van der Waals surface area contributed by atoms with E-state index >= 15 is 0 Å². The van der Waals surface area contributed by atoms with Crippen LogP contribution >= 0.6 is 0 Å². The van der Waals surface area contributed by atoms with E-state index < -0.39 is 0 Å². The summed E-state index contributed by atoms with van der Waals surface area (Å²) in [5.74, 6) is 1.01. The monoisotopic (exact) mass is 333 g/mol. The highest BCUT2D eigenvalue weighted by atomic mass is 16.5. The van der Waals surface area contributed by atoms with Crippen molar-refractivity contribution in [3.8, 4) is 0 Å². The number of anilines is 1. The number of carbonyl (C=O) groups is 1. The van der Waals surface area contributed by atoms with Gasteiger partial charge in [0.2, 0.25) is 0 Å². The highest BCUT2D eigenvalue weighted by Crippen LogP contribution is 2.23. The Labute approximate surface area is 143 Å². The number of hydrogen-bond donors (Lipinski definition) is 0. The average molecular weight is 333 g/mol. The Morgan fingerprint density at radius 1 is 1.21 bits per heavy atom. The van der Waals surface area contributed by atoms with Crippen LogP contribution in [0.1, 0.15) is 5.56 Å². The lowest BCUT2D eigenvalue weighted by molar-refractivity contribution is 0.0430. The summed E-state index contributed by atoms with van der Waals surface area (Å²) >= 11 is 0. The summed E-state index contributed by atoms with van der Waals surface area (Å²) in [7, 11) is 4.15. The van der Waals surface area contributed by atoms with E-state index in [0.717, 1.165) is 37.6 Å². The van der Waals surface area contributed by atoms with Crippen LogP contribution < -0.4 is 4.90 Å². The van der Waals surface area contributed by atoms with Crippen LogP contribution in [0, 0.1) is 0 Å². The molecule has 0 N–H and O–H groups in total. The van der Waals surface area contributed by atoms with Gasteiger partial charge in [-0.1, -0.05) is 6.07 Å². The Balaban J connectivity index is 1.74. The minimum atomic E-state index is 0.113. The summed E-state index contributed by atoms with van der Waals surface area (Å²) in [4.78, 5) is 25.7. The summed E-state index contributed by atoms with van der Waals surface area (Å²) < 4.78 is 5.35. The van der Waals surface area contributed by atoms with Gasteiger partial charge in [-0.2, -0.15) is 0 Å². The molecule has 0 saturated carbocycles. The Morgan fingerprint density at radius 2 is 2.00 bits per heavy atom. The summed E-state index contributed by atoms with van der Waals surface area (Å²) in [6.07, 6.45) is 1.83. The van der Waals surface area contributed by atoms with Gasteiger partial charge >= 0.3 is 6.03 Å². The van der Waals surface area contributed by atoms with E-state index in [2.05, 4.69) is 34.9 Å². The summed E-state index contributed by atoms with van der Waals surface area (Å²) in [6.45, 7) is 6.66. The second-order valence-electron chi connectivity index (χ2n) is 6.58. The van der Waals surface area contributed by atoms with E-state index in [0.29, 0.717) is 32.8 Å². The molecular formula is C17H27N5O2. The van der Waals surface area contributed by atoms with Crippen molar-refractivity contribution in [3.05, 3.63) is 23.9 Å². The van der Waals surface area contributed by atoms with Crippen molar-refractivity contribution in [3.63, 3.8) is 0 Å². The number of urea groups is 1. The summed E-state index contributed by atoms with van der Waals surface area (Å²) in [5.41, 5.74) is 1.12. The number of pyridine rings is 1. The van der Waals surface area contributed by atoms with Crippen LogP contribution in [0.4, 0.5) is 10.6 Å². The zero-order valence-corrected chi connectivity index (χ0v) is 14.6. The molecule has 2 aliphatic heterocycles. The third kappa shape index (κ3) is 3.96. The van der Waals surface area contributed by atoms with E-state index in [1.165, 1.54) is 0 Å². The van der Waals surface area contributed by atoms with E-state index in [9.17, 15) is 4.79 Å². The third-order valence-corrected chi connectivity index (χ3v) is 4.54. The normalized spacial score (nSPS) is 18.5. The maximum atomic E-state index is 12.8. The number of likely N-dealkylation sites (N-methyl/N-ethyl adjacent to an activating group) is 1. The van der Waals surface area contributed by atoms with Crippen LogP contribution in [-0.4, -0.2) is 92.3 Å². The molecule has 0 unspecified atom stereocenters. The Morgan fingerprint density at radius 3 is 2.75 bits per heavy atom. The van der Waals surface area contributed by atoms with Crippen LogP contribution in [-0.2, 0) is 11.3 Å². The van der Waals surface area contributed by atoms with Gasteiger partial charge < -0.3 is 24.3 Å². The first-order chi connectivity index (χ1) is 11.6. The lowest BCUT2D eigenvalue weighted by Crippen LogP contribution is -2.49. The predicted molar refractivity (Wildman–Crippen MR) is 93.2 cm³/mol. The molecule has 0 aliphatic carbocycles. The smallest absolute Gasteiger partial charge is 0.320 e. The van der Waals surface area contributed by atoms with E-state index in [1.807, 2.05) is 22.1 Å². The molecule has 0 atom stereocenters. The Bertz CT molecular complexity index is 560. The number of rotatable bonds is 3. The van der Waals surface area contributed by atoms with Crippen LogP contribution in [0.15, 0.2) is 18.3 Å². The van der Waals surface area contributed by atoms with Gasteiger partial charge in [-0.3, -0.25) is 0 Å². The molecule has 3 heterocycles. The number of amides is 2. The van der Waals surface area contributed by atoms with Crippen molar-refractivity contribution in [2.24, 2.45) is 0 Å². The number of carbonyl (C=O) groups excluding carboxylic acids is 1. The SMILES string of the molecule is CN(C)CCN1CCN(C(=O)N2CCOCC2)Cc2cccnc21. The molecular weight excluding hydrogens is 306 g/mol. The fraction of sp³-hybridized carbons (Fsp3) is 0.647. The van der Waals surface area contributed by atoms with Gasteiger partial charge in [-0.05, 0) is 20.2 Å². The second-order valence-corrected chi connectivity index (χ2v) is 6.58. The van der Waals surface area contributed by atoms with Gasteiger partial charge in [-0.25, -0.2) is 9.78 Å². The third-order valence-electron chi connectivity index (χ3n) is 4.54. The van der Waals surface area contributed by atoms with Gasteiger partial charge in [0, 0.05) is 51.0 Å². The maximum absolute atomic E-state index is 12.8. The number of ether oxygens (including phenoxy) is 1. The van der Waals surface area contributed by atoms with Crippen molar-refractivity contribution >= 4 is 11.8 Å². The Kier molecular flexibility index (Phi) is 5.52. The average Bonchev–Trinajstić information content (AvgIpc) is 2.79. The minimum Gasteiger partial charge on any atom is -0.378 e. The number of nitrogens with zero attached hydrogens (tertiary/aromatic N) is 5. The molecule has 1 saturated heterocycles. The van der Waals surface area contributed by atoms with Crippen molar-refractivity contribution in [1.29, 1.82) is 0 Å². The summed E-state index contributed by atoms with van der Waals surface area (Å²) in [5, 5.41) is 0. The first-order valence-corrected chi connectivity index (χ1v) is 8.60. The van der Waals surface area contributed by atoms with Crippen LogP contribution in [0.25, 0.3) is 0 Å². The predicted octanol–water partition coefficient (Wildman–Crippen LogP) is 0.717. The van der Waals surface area contributed by atoms with Crippen molar-refractivity contribution in [2.45, 2.75) is 6.54 Å². The van der Waals surface area contributed by atoms with Gasteiger partial charge in [0.15, 0.2) is 0 Å². The fourth-order valence-corrected chi connectivity index (χ4v) is 3.13. The molecule has 1 fully saturated rings. The maximum Gasteiger partial charge on any atom is 0.320 e. The molecule has 7 heteroatoms. The molecule has 2 amide bonds.